The Kier molecular flexibility index (Phi) is 4.23. The Balaban J connectivity index is 1.95. The summed E-state index contributed by atoms with van der Waals surface area (Å²) in [4.78, 5) is 0. The van der Waals surface area contributed by atoms with Crippen molar-refractivity contribution in [2.24, 2.45) is 28.1 Å². The Labute approximate surface area is 140 Å². The fraction of sp³-hybridized carbons (Fsp3) is 0.900. The minimum absolute atomic E-state index is 0.163. The van der Waals surface area contributed by atoms with Crippen LogP contribution in [0.4, 0.5) is 0 Å². The lowest BCUT2D eigenvalue weighted by Gasteiger charge is -2.60. The molecule has 3 N–H and O–H groups in total. The molecule has 6 atom stereocenters. The third-order valence-electron chi connectivity index (χ3n) is 7.56. The molecule has 0 heterocycles. The molecule has 0 aromatic heterocycles. The summed E-state index contributed by atoms with van der Waals surface area (Å²) in [6, 6.07) is 0. The molecule has 0 amide bonds. The van der Waals surface area contributed by atoms with E-state index in [1.807, 2.05) is 0 Å². The zero-order valence-electron chi connectivity index (χ0n) is 15.2. The molecule has 0 radical (unpaired) electrons. The van der Waals surface area contributed by atoms with Gasteiger partial charge in [-0.05, 0) is 61.2 Å². The summed E-state index contributed by atoms with van der Waals surface area (Å²) in [7, 11) is 0. The van der Waals surface area contributed by atoms with Gasteiger partial charge in [0.25, 0.3) is 0 Å². The number of aliphatic hydroxyl groups excluding tert-OH is 3. The van der Waals surface area contributed by atoms with Crippen LogP contribution in [0.25, 0.3) is 0 Å². The Hall–Kier alpha value is -0.380. The summed E-state index contributed by atoms with van der Waals surface area (Å²) in [5.74, 6) is 1.18. The van der Waals surface area contributed by atoms with Crippen LogP contribution in [0, 0.1) is 28.1 Å². The molecule has 0 aromatic rings. The summed E-state index contributed by atoms with van der Waals surface area (Å²) in [5.41, 5.74) is 1.53. The van der Waals surface area contributed by atoms with Crippen molar-refractivity contribution in [3.63, 3.8) is 0 Å². The van der Waals surface area contributed by atoms with E-state index < -0.39 is 6.10 Å². The van der Waals surface area contributed by atoms with Gasteiger partial charge in [-0.1, -0.05) is 39.3 Å². The summed E-state index contributed by atoms with van der Waals surface area (Å²) < 4.78 is 0. The van der Waals surface area contributed by atoms with Gasteiger partial charge < -0.3 is 15.3 Å². The molecule has 3 nitrogen and oxygen atoms in total. The molecule has 0 aliphatic heterocycles. The van der Waals surface area contributed by atoms with Crippen molar-refractivity contribution >= 4 is 0 Å². The monoisotopic (exact) mass is 322 g/mol. The molecule has 0 saturated heterocycles. The highest BCUT2D eigenvalue weighted by atomic mass is 16.3. The Morgan fingerprint density at radius 1 is 1.17 bits per heavy atom. The number of allylic oxidation sites excluding steroid dienone is 1. The van der Waals surface area contributed by atoms with Crippen LogP contribution in [0.3, 0.4) is 0 Å². The first kappa shape index (κ1) is 17.4. The molecule has 2 fully saturated rings. The lowest BCUT2D eigenvalue weighted by molar-refractivity contribution is -0.112. The number of hydrogen-bond acceptors (Lipinski definition) is 3. The van der Waals surface area contributed by atoms with Gasteiger partial charge in [0.2, 0.25) is 0 Å². The van der Waals surface area contributed by atoms with Gasteiger partial charge in [0, 0.05) is 5.41 Å². The average molecular weight is 322 g/mol. The summed E-state index contributed by atoms with van der Waals surface area (Å²) in [5, 5.41) is 30.1. The van der Waals surface area contributed by atoms with Crippen LogP contribution in [-0.2, 0) is 0 Å². The molecular formula is C20H34O3. The molecule has 3 rings (SSSR count). The number of aliphatic hydroxyl groups is 3. The molecule has 0 aromatic carbocycles. The van der Waals surface area contributed by atoms with Crippen LogP contribution >= 0.6 is 0 Å². The highest BCUT2D eigenvalue weighted by Gasteiger charge is 2.56. The molecule has 3 aliphatic rings. The van der Waals surface area contributed by atoms with E-state index in [0.29, 0.717) is 11.8 Å². The largest absolute Gasteiger partial charge is 0.394 e. The lowest BCUT2D eigenvalue weighted by atomic mass is 9.45. The predicted octanol–water partition coefficient (Wildman–Crippen LogP) is 3.28. The lowest BCUT2D eigenvalue weighted by Crippen LogP contribution is -2.54. The first-order valence-corrected chi connectivity index (χ1v) is 9.31. The topological polar surface area (TPSA) is 60.7 Å². The van der Waals surface area contributed by atoms with E-state index >= 15 is 0 Å². The van der Waals surface area contributed by atoms with Crippen molar-refractivity contribution < 1.29 is 15.3 Å². The number of fused-ring (bicyclic) bond motifs is 3. The SMILES string of the molecule is CC1(C)C[C@@H](O)C[C@@]2(C)[C@@H]3CC[C@](C)(C(O)CO)C=C3CC[C@H]12. The van der Waals surface area contributed by atoms with Gasteiger partial charge in [-0.2, -0.15) is 0 Å². The van der Waals surface area contributed by atoms with Crippen molar-refractivity contribution in [1.29, 1.82) is 0 Å². The van der Waals surface area contributed by atoms with Crippen molar-refractivity contribution in [3.05, 3.63) is 11.6 Å². The fourth-order valence-electron chi connectivity index (χ4n) is 6.49. The van der Waals surface area contributed by atoms with Gasteiger partial charge in [0.05, 0.1) is 18.8 Å². The Morgan fingerprint density at radius 3 is 2.52 bits per heavy atom. The van der Waals surface area contributed by atoms with E-state index in [9.17, 15) is 15.3 Å². The third-order valence-corrected chi connectivity index (χ3v) is 7.56. The summed E-state index contributed by atoms with van der Waals surface area (Å²) in [6.07, 6.45) is 7.51. The fourth-order valence-corrected chi connectivity index (χ4v) is 6.49. The third kappa shape index (κ3) is 2.69. The summed E-state index contributed by atoms with van der Waals surface area (Å²) >= 11 is 0. The second kappa shape index (κ2) is 5.57. The van der Waals surface area contributed by atoms with Crippen LogP contribution < -0.4 is 0 Å². The smallest absolute Gasteiger partial charge is 0.0858 e. The molecule has 0 spiro atoms. The molecule has 2 saturated carbocycles. The molecule has 132 valence electrons. The maximum absolute atomic E-state index is 10.5. The van der Waals surface area contributed by atoms with E-state index in [1.165, 1.54) is 12.0 Å². The van der Waals surface area contributed by atoms with Gasteiger partial charge in [-0.25, -0.2) is 0 Å². The second-order valence-corrected chi connectivity index (χ2v) is 9.66. The Morgan fingerprint density at radius 2 is 1.87 bits per heavy atom. The summed E-state index contributed by atoms with van der Waals surface area (Å²) in [6.45, 7) is 8.96. The van der Waals surface area contributed by atoms with Crippen molar-refractivity contribution in [2.45, 2.75) is 78.4 Å². The first-order valence-electron chi connectivity index (χ1n) is 9.31. The first-order chi connectivity index (χ1) is 10.6. The normalized spacial score (nSPS) is 47.3. The second-order valence-electron chi connectivity index (χ2n) is 9.66. The van der Waals surface area contributed by atoms with Crippen molar-refractivity contribution in [1.82, 2.24) is 0 Å². The van der Waals surface area contributed by atoms with Gasteiger partial charge in [0.1, 0.15) is 0 Å². The van der Waals surface area contributed by atoms with Crippen LogP contribution in [0.2, 0.25) is 0 Å². The van der Waals surface area contributed by atoms with E-state index in [-0.39, 0.29) is 29.0 Å². The molecule has 0 bridgehead atoms. The number of rotatable bonds is 2. The molecule has 1 unspecified atom stereocenters. The maximum Gasteiger partial charge on any atom is 0.0858 e. The van der Waals surface area contributed by atoms with E-state index in [4.69, 9.17) is 0 Å². The maximum atomic E-state index is 10.5. The highest BCUT2D eigenvalue weighted by molar-refractivity contribution is 5.25. The van der Waals surface area contributed by atoms with Crippen LogP contribution in [0.1, 0.15) is 66.2 Å². The molecule has 3 heteroatoms. The highest BCUT2D eigenvalue weighted by Crippen LogP contribution is 2.63. The van der Waals surface area contributed by atoms with Crippen LogP contribution in [-0.4, -0.2) is 34.1 Å². The minimum atomic E-state index is -0.671. The van der Waals surface area contributed by atoms with Crippen molar-refractivity contribution in [2.75, 3.05) is 6.61 Å². The van der Waals surface area contributed by atoms with Crippen LogP contribution in [0.15, 0.2) is 11.6 Å². The molecule has 23 heavy (non-hydrogen) atoms. The van der Waals surface area contributed by atoms with Crippen LogP contribution in [0.5, 0.6) is 0 Å². The van der Waals surface area contributed by atoms with Gasteiger partial charge in [0.15, 0.2) is 0 Å². The molecule has 3 aliphatic carbocycles. The van der Waals surface area contributed by atoms with E-state index in [1.54, 1.807) is 0 Å². The van der Waals surface area contributed by atoms with Gasteiger partial charge >= 0.3 is 0 Å². The molecular weight excluding hydrogens is 288 g/mol. The average Bonchev–Trinajstić information content (AvgIpc) is 2.43. The van der Waals surface area contributed by atoms with Gasteiger partial charge in [-0.15, -0.1) is 0 Å². The number of hydrogen-bond donors (Lipinski definition) is 3. The zero-order valence-corrected chi connectivity index (χ0v) is 15.2. The minimum Gasteiger partial charge on any atom is -0.394 e. The quantitative estimate of drug-likeness (QED) is 0.684. The van der Waals surface area contributed by atoms with Gasteiger partial charge in [-0.3, -0.25) is 0 Å². The standard InChI is InChI=1S/C20H34O3/c1-18(2)10-14(22)11-20(4)15-7-8-19(3,17(23)12-21)9-13(15)5-6-16(18)20/h9,14-17,21-23H,5-8,10-12H2,1-4H3/t14-,15-,16-,17?,19+,20+/m1/s1. The zero-order chi connectivity index (χ0) is 17.0. The predicted molar refractivity (Wildman–Crippen MR) is 91.9 cm³/mol. The van der Waals surface area contributed by atoms with Crippen molar-refractivity contribution in [3.8, 4) is 0 Å². The van der Waals surface area contributed by atoms with E-state index in [2.05, 4.69) is 33.8 Å². The Bertz CT molecular complexity index is 497. The van der Waals surface area contributed by atoms with E-state index in [0.717, 1.165) is 32.1 Å².